The molecule has 98 valence electrons. The molecular weight excluding hydrogens is 228 g/mol. The summed E-state index contributed by atoms with van der Waals surface area (Å²) >= 11 is 0. The number of carboxylic acids is 1. The van der Waals surface area contributed by atoms with Crippen LogP contribution in [0.3, 0.4) is 0 Å². The summed E-state index contributed by atoms with van der Waals surface area (Å²) in [5, 5.41) is 8.94. The number of rotatable bonds is 3. The van der Waals surface area contributed by atoms with Gasteiger partial charge in [0, 0.05) is 25.0 Å². The van der Waals surface area contributed by atoms with Crippen LogP contribution in [0.2, 0.25) is 0 Å². The van der Waals surface area contributed by atoms with Crippen LogP contribution in [0.25, 0.3) is 0 Å². The summed E-state index contributed by atoms with van der Waals surface area (Å²) in [6.45, 7) is 6.56. The molecule has 0 unspecified atom stereocenters. The average Bonchev–Trinajstić information content (AvgIpc) is 2.39. The smallest absolute Gasteiger partial charge is 0.354 e. The van der Waals surface area contributed by atoms with E-state index in [1.54, 1.807) is 12.3 Å². The number of carbonyl (C=O) groups is 1. The zero-order chi connectivity index (χ0) is 13.1. The number of anilines is 1. The highest BCUT2D eigenvalue weighted by molar-refractivity contribution is 5.86. The van der Waals surface area contributed by atoms with Crippen LogP contribution in [0.5, 0.6) is 0 Å². The van der Waals surface area contributed by atoms with Crippen LogP contribution in [-0.4, -0.2) is 29.1 Å². The zero-order valence-electron chi connectivity index (χ0n) is 11.0. The van der Waals surface area contributed by atoms with Gasteiger partial charge in [0.15, 0.2) is 0 Å². The molecule has 1 aromatic rings. The minimum atomic E-state index is -0.964. The summed E-state index contributed by atoms with van der Waals surface area (Å²) in [6, 6.07) is 3.56. The van der Waals surface area contributed by atoms with Crippen molar-refractivity contribution < 1.29 is 9.90 Å². The first-order valence-electron chi connectivity index (χ1n) is 6.52. The first-order valence-corrected chi connectivity index (χ1v) is 6.52. The Morgan fingerprint density at radius 1 is 1.44 bits per heavy atom. The molecule has 1 N–H and O–H groups in total. The van der Waals surface area contributed by atoms with Gasteiger partial charge in [-0.2, -0.15) is 0 Å². The third-order valence-corrected chi connectivity index (χ3v) is 3.81. The maximum atomic E-state index is 10.9. The third kappa shape index (κ3) is 2.81. The van der Waals surface area contributed by atoms with Crippen molar-refractivity contribution in [2.75, 3.05) is 18.0 Å². The van der Waals surface area contributed by atoms with E-state index in [9.17, 15) is 4.79 Å². The zero-order valence-corrected chi connectivity index (χ0v) is 11.0. The van der Waals surface area contributed by atoms with Crippen LogP contribution < -0.4 is 4.90 Å². The Labute approximate surface area is 108 Å². The Balaban J connectivity index is 2.05. The molecular formula is C14H20N2O2. The standard InChI is InChI=1S/C14H20N2O2/c1-10(2)11-4-7-16(8-5-11)12-3-6-15-13(9-12)14(17)18/h3,6,9-11H,4-5,7-8H2,1-2H3,(H,17,18). The fourth-order valence-electron chi connectivity index (χ4n) is 2.56. The van der Waals surface area contributed by atoms with Crippen molar-refractivity contribution in [3.8, 4) is 0 Å². The van der Waals surface area contributed by atoms with E-state index in [1.807, 2.05) is 6.07 Å². The Morgan fingerprint density at radius 3 is 2.67 bits per heavy atom. The molecule has 0 radical (unpaired) electrons. The summed E-state index contributed by atoms with van der Waals surface area (Å²) < 4.78 is 0. The second-order valence-corrected chi connectivity index (χ2v) is 5.27. The summed E-state index contributed by atoms with van der Waals surface area (Å²) in [5.41, 5.74) is 1.10. The first kappa shape index (κ1) is 12.9. The lowest BCUT2D eigenvalue weighted by molar-refractivity contribution is 0.0690. The van der Waals surface area contributed by atoms with Crippen LogP contribution in [0.4, 0.5) is 5.69 Å². The average molecular weight is 248 g/mol. The summed E-state index contributed by atoms with van der Waals surface area (Å²) in [6.07, 6.45) is 3.94. The van der Waals surface area contributed by atoms with E-state index >= 15 is 0 Å². The lowest BCUT2D eigenvalue weighted by atomic mass is 9.86. The molecule has 0 aliphatic carbocycles. The molecule has 0 spiro atoms. The second kappa shape index (κ2) is 5.38. The van der Waals surface area contributed by atoms with Gasteiger partial charge in [-0.15, -0.1) is 0 Å². The van der Waals surface area contributed by atoms with E-state index in [2.05, 4.69) is 23.7 Å². The molecule has 0 atom stereocenters. The molecule has 1 aromatic heterocycles. The molecule has 18 heavy (non-hydrogen) atoms. The van der Waals surface area contributed by atoms with Gasteiger partial charge in [0.05, 0.1) is 0 Å². The van der Waals surface area contributed by atoms with Crippen LogP contribution in [0.15, 0.2) is 18.3 Å². The third-order valence-electron chi connectivity index (χ3n) is 3.81. The number of aromatic carboxylic acids is 1. The molecule has 4 nitrogen and oxygen atoms in total. The van der Waals surface area contributed by atoms with E-state index in [-0.39, 0.29) is 5.69 Å². The van der Waals surface area contributed by atoms with Gasteiger partial charge < -0.3 is 10.0 Å². The number of nitrogens with zero attached hydrogens (tertiary/aromatic N) is 2. The Hall–Kier alpha value is -1.58. The van der Waals surface area contributed by atoms with Gasteiger partial charge >= 0.3 is 5.97 Å². The van der Waals surface area contributed by atoms with Crippen molar-refractivity contribution >= 4 is 11.7 Å². The lowest BCUT2D eigenvalue weighted by Gasteiger charge is -2.35. The Bertz CT molecular complexity index is 424. The van der Waals surface area contributed by atoms with Crippen LogP contribution in [0, 0.1) is 11.8 Å². The predicted octanol–water partition coefficient (Wildman–Crippen LogP) is 2.65. The van der Waals surface area contributed by atoms with E-state index in [4.69, 9.17) is 5.11 Å². The Morgan fingerprint density at radius 2 is 2.11 bits per heavy atom. The highest BCUT2D eigenvalue weighted by atomic mass is 16.4. The molecule has 1 saturated heterocycles. The second-order valence-electron chi connectivity index (χ2n) is 5.27. The Kier molecular flexibility index (Phi) is 3.84. The SMILES string of the molecule is CC(C)C1CCN(c2ccnc(C(=O)O)c2)CC1. The molecule has 1 aliphatic heterocycles. The normalized spacial score (nSPS) is 17.2. The van der Waals surface area contributed by atoms with Crippen molar-refractivity contribution in [3.63, 3.8) is 0 Å². The molecule has 4 heteroatoms. The van der Waals surface area contributed by atoms with E-state index in [1.165, 1.54) is 12.8 Å². The number of hydrogen-bond acceptors (Lipinski definition) is 3. The highest BCUT2D eigenvalue weighted by Crippen LogP contribution is 2.27. The van der Waals surface area contributed by atoms with Crippen LogP contribution in [0.1, 0.15) is 37.2 Å². The molecule has 1 aliphatic rings. The van der Waals surface area contributed by atoms with E-state index < -0.39 is 5.97 Å². The monoisotopic (exact) mass is 248 g/mol. The first-order chi connectivity index (χ1) is 8.58. The van der Waals surface area contributed by atoms with Crippen molar-refractivity contribution in [1.29, 1.82) is 0 Å². The molecule has 0 aromatic carbocycles. The number of carboxylic acid groups (broad SMARTS) is 1. The number of hydrogen-bond donors (Lipinski definition) is 1. The number of aromatic nitrogens is 1. The van der Waals surface area contributed by atoms with Gasteiger partial charge in [-0.25, -0.2) is 9.78 Å². The fourth-order valence-corrected chi connectivity index (χ4v) is 2.56. The quantitative estimate of drug-likeness (QED) is 0.893. The topological polar surface area (TPSA) is 53.4 Å². The summed E-state index contributed by atoms with van der Waals surface area (Å²) in [4.78, 5) is 17.0. The molecule has 1 fully saturated rings. The minimum absolute atomic E-state index is 0.124. The maximum Gasteiger partial charge on any atom is 0.354 e. The van der Waals surface area contributed by atoms with Crippen molar-refractivity contribution in [2.24, 2.45) is 11.8 Å². The van der Waals surface area contributed by atoms with Crippen molar-refractivity contribution in [3.05, 3.63) is 24.0 Å². The summed E-state index contributed by atoms with van der Waals surface area (Å²) in [5.74, 6) is 0.565. The van der Waals surface area contributed by atoms with Gasteiger partial charge in [0.1, 0.15) is 5.69 Å². The largest absolute Gasteiger partial charge is 0.477 e. The van der Waals surface area contributed by atoms with E-state index in [0.29, 0.717) is 0 Å². The number of pyridine rings is 1. The molecule has 2 heterocycles. The highest BCUT2D eigenvalue weighted by Gasteiger charge is 2.22. The molecule has 0 bridgehead atoms. The lowest BCUT2D eigenvalue weighted by Crippen LogP contribution is -2.35. The van der Waals surface area contributed by atoms with Gasteiger partial charge in [-0.05, 0) is 36.8 Å². The van der Waals surface area contributed by atoms with Gasteiger partial charge in [-0.3, -0.25) is 0 Å². The molecule has 0 saturated carbocycles. The fraction of sp³-hybridized carbons (Fsp3) is 0.571. The van der Waals surface area contributed by atoms with Crippen molar-refractivity contribution in [2.45, 2.75) is 26.7 Å². The van der Waals surface area contributed by atoms with E-state index in [0.717, 1.165) is 30.6 Å². The van der Waals surface area contributed by atoms with Crippen molar-refractivity contribution in [1.82, 2.24) is 4.98 Å². The van der Waals surface area contributed by atoms with Crippen LogP contribution in [-0.2, 0) is 0 Å². The van der Waals surface area contributed by atoms with Gasteiger partial charge in [-0.1, -0.05) is 13.8 Å². The maximum absolute atomic E-state index is 10.9. The number of piperidine rings is 1. The van der Waals surface area contributed by atoms with Crippen LogP contribution >= 0.6 is 0 Å². The molecule has 0 amide bonds. The van der Waals surface area contributed by atoms with Gasteiger partial charge in [0.25, 0.3) is 0 Å². The summed E-state index contributed by atoms with van der Waals surface area (Å²) in [7, 11) is 0. The van der Waals surface area contributed by atoms with Gasteiger partial charge in [0.2, 0.25) is 0 Å². The minimum Gasteiger partial charge on any atom is -0.477 e. The molecule has 2 rings (SSSR count). The predicted molar refractivity (Wildman–Crippen MR) is 71.0 cm³/mol.